The number of fused-ring (bicyclic) bond motifs is 1. The van der Waals surface area contributed by atoms with E-state index >= 15 is 0 Å². The molecule has 9 nitrogen and oxygen atoms in total. The Morgan fingerprint density at radius 1 is 1.26 bits per heavy atom. The van der Waals surface area contributed by atoms with Crippen LogP contribution in [-0.2, 0) is 9.53 Å². The number of esters is 1. The summed E-state index contributed by atoms with van der Waals surface area (Å²) >= 11 is 0. The average molecular weight is 461 g/mol. The Morgan fingerprint density at radius 3 is 2.65 bits per heavy atom. The van der Waals surface area contributed by atoms with Gasteiger partial charge in [-0.3, -0.25) is 10.1 Å². The minimum atomic E-state index is -0.805. The molecule has 0 spiro atoms. The van der Waals surface area contributed by atoms with Gasteiger partial charge in [0.1, 0.15) is 17.0 Å². The number of nitro benzene ring substituents is 1. The summed E-state index contributed by atoms with van der Waals surface area (Å²) in [6, 6.07) is 13.3. The van der Waals surface area contributed by atoms with Gasteiger partial charge in [0, 0.05) is 12.1 Å². The fourth-order valence-corrected chi connectivity index (χ4v) is 4.05. The van der Waals surface area contributed by atoms with Crippen LogP contribution in [0.1, 0.15) is 36.5 Å². The Labute approximate surface area is 194 Å². The predicted octanol–water partition coefficient (Wildman–Crippen LogP) is 3.07. The number of H-pyrrole nitrogens is 1. The summed E-state index contributed by atoms with van der Waals surface area (Å²) in [7, 11) is 1.58. The number of nitro groups is 1. The Hall–Kier alpha value is -4.40. The van der Waals surface area contributed by atoms with Crippen molar-refractivity contribution in [2.45, 2.75) is 19.8 Å². The number of methoxy groups -OCH3 is 1. The van der Waals surface area contributed by atoms with Crippen LogP contribution in [0.3, 0.4) is 0 Å². The Balaban J connectivity index is 1.93. The van der Waals surface area contributed by atoms with Crippen molar-refractivity contribution in [2.24, 2.45) is 4.99 Å². The largest absolute Gasteiger partial charge is 0.505 e. The molecule has 0 bridgehead atoms. The summed E-state index contributed by atoms with van der Waals surface area (Å²) < 4.78 is 10.4. The monoisotopic (exact) mass is 461 g/mol. The lowest BCUT2D eigenvalue weighted by Gasteiger charge is -2.23. The molecule has 1 aromatic heterocycles. The van der Waals surface area contributed by atoms with Gasteiger partial charge in [0.15, 0.2) is 0 Å². The molecule has 0 aliphatic carbocycles. The topological polar surface area (TPSA) is 127 Å². The Bertz CT molecular complexity index is 1420. The fourth-order valence-electron chi connectivity index (χ4n) is 4.05. The lowest BCUT2D eigenvalue weighted by Crippen LogP contribution is -2.26. The summed E-state index contributed by atoms with van der Waals surface area (Å²) in [6.45, 7) is 3.52. The van der Waals surface area contributed by atoms with E-state index in [-0.39, 0.29) is 23.6 Å². The lowest BCUT2D eigenvalue weighted by atomic mass is 9.83. The van der Waals surface area contributed by atoms with Gasteiger partial charge in [0.25, 0.3) is 5.69 Å². The molecule has 34 heavy (non-hydrogen) atoms. The number of nitrogens with zero attached hydrogens (tertiary/aromatic N) is 2. The standard InChI is InChI=1S/C25H23N3O6/c1-4-34-25(30)20-14(2)26-24-22(21(20)16-6-5-7-17(13-16)28(31)32)23(29)19(27-24)12-15-8-10-18(33-3)11-9-15/h5-13,21,29H,4H2,1-3H3,(H,26,27). The van der Waals surface area contributed by atoms with E-state index in [9.17, 15) is 20.0 Å². The molecule has 3 aromatic rings. The van der Waals surface area contributed by atoms with Crippen molar-refractivity contribution >= 4 is 17.7 Å². The number of aromatic amines is 1. The number of carbonyl (C=O) groups excluding carboxylic acids is 1. The van der Waals surface area contributed by atoms with Gasteiger partial charge in [0.2, 0.25) is 0 Å². The zero-order valence-electron chi connectivity index (χ0n) is 18.9. The van der Waals surface area contributed by atoms with Crippen molar-refractivity contribution in [3.8, 4) is 11.5 Å². The number of hydrogen-bond donors (Lipinski definition) is 2. The van der Waals surface area contributed by atoms with Gasteiger partial charge in [0.05, 0.1) is 46.7 Å². The summed E-state index contributed by atoms with van der Waals surface area (Å²) in [5.41, 5.74) is 2.51. The highest BCUT2D eigenvalue weighted by Gasteiger charge is 2.35. The van der Waals surface area contributed by atoms with E-state index < -0.39 is 16.8 Å². The molecule has 1 atom stereocenters. The van der Waals surface area contributed by atoms with Gasteiger partial charge < -0.3 is 19.6 Å². The zero-order chi connectivity index (χ0) is 24.4. The van der Waals surface area contributed by atoms with Crippen molar-refractivity contribution in [3.05, 3.63) is 97.4 Å². The van der Waals surface area contributed by atoms with E-state index in [1.807, 2.05) is 12.1 Å². The van der Waals surface area contributed by atoms with Crippen LogP contribution in [0, 0.1) is 10.1 Å². The molecule has 2 N–H and O–H groups in total. The van der Waals surface area contributed by atoms with Crippen molar-refractivity contribution in [1.82, 2.24) is 4.98 Å². The number of rotatable bonds is 6. The van der Waals surface area contributed by atoms with Crippen LogP contribution < -0.4 is 15.6 Å². The molecule has 4 rings (SSSR count). The minimum absolute atomic E-state index is 0.0969. The van der Waals surface area contributed by atoms with Crippen LogP contribution in [0.4, 0.5) is 5.69 Å². The number of ether oxygens (including phenoxy) is 2. The minimum Gasteiger partial charge on any atom is -0.505 e. The maximum absolute atomic E-state index is 12.9. The van der Waals surface area contributed by atoms with Gasteiger partial charge in [-0.05, 0) is 43.2 Å². The quantitative estimate of drug-likeness (QED) is 0.330. The molecule has 1 unspecified atom stereocenters. The second kappa shape index (κ2) is 9.22. The van der Waals surface area contributed by atoms with Crippen LogP contribution in [0.15, 0.2) is 64.8 Å². The molecule has 1 aliphatic heterocycles. The van der Waals surface area contributed by atoms with Crippen LogP contribution in [-0.4, -0.2) is 34.7 Å². The maximum Gasteiger partial charge on any atom is 0.336 e. The first-order chi connectivity index (χ1) is 16.3. The first-order valence-electron chi connectivity index (χ1n) is 10.6. The van der Waals surface area contributed by atoms with Crippen LogP contribution in [0.2, 0.25) is 0 Å². The zero-order valence-corrected chi connectivity index (χ0v) is 18.9. The van der Waals surface area contributed by atoms with E-state index in [4.69, 9.17) is 9.47 Å². The SMILES string of the molecule is CCOC(=O)C1=C(C)N=c2[nH]c(=Cc3ccc(OC)cc3)c(O)c2C1c1cccc([N+](=O)[O-])c1. The molecule has 0 saturated heterocycles. The predicted molar refractivity (Wildman–Crippen MR) is 124 cm³/mol. The number of nitrogens with one attached hydrogen (secondary N) is 1. The molecule has 0 radical (unpaired) electrons. The van der Waals surface area contributed by atoms with Gasteiger partial charge in [-0.1, -0.05) is 24.3 Å². The van der Waals surface area contributed by atoms with E-state index in [0.29, 0.717) is 33.4 Å². The Kier molecular flexibility index (Phi) is 6.18. The second-order valence-corrected chi connectivity index (χ2v) is 7.68. The van der Waals surface area contributed by atoms with E-state index in [1.54, 1.807) is 51.3 Å². The van der Waals surface area contributed by atoms with E-state index in [0.717, 1.165) is 5.56 Å². The van der Waals surface area contributed by atoms with Crippen molar-refractivity contribution in [3.63, 3.8) is 0 Å². The van der Waals surface area contributed by atoms with Gasteiger partial charge >= 0.3 is 5.97 Å². The van der Waals surface area contributed by atoms with E-state index in [2.05, 4.69) is 9.98 Å². The average Bonchev–Trinajstić information content (AvgIpc) is 3.13. The Morgan fingerprint density at radius 2 is 2.00 bits per heavy atom. The first-order valence-corrected chi connectivity index (χ1v) is 10.6. The number of aromatic hydroxyl groups is 1. The third kappa shape index (κ3) is 4.15. The van der Waals surface area contributed by atoms with Crippen LogP contribution in [0.5, 0.6) is 11.5 Å². The fraction of sp³-hybridized carbons (Fsp3) is 0.200. The van der Waals surface area contributed by atoms with Crippen LogP contribution in [0.25, 0.3) is 6.08 Å². The number of carbonyl (C=O) groups is 1. The number of non-ortho nitro benzene ring substituents is 1. The number of allylic oxidation sites excluding steroid dienone is 1. The van der Waals surface area contributed by atoms with Crippen molar-refractivity contribution in [1.29, 1.82) is 0 Å². The summed E-state index contributed by atoms with van der Waals surface area (Å²) in [4.78, 5) is 31.4. The third-order valence-electron chi connectivity index (χ3n) is 5.60. The van der Waals surface area contributed by atoms with Crippen molar-refractivity contribution in [2.75, 3.05) is 13.7 Å². The lowest BCUT2D eigenvalue weighted by molar-refractivity contribution is -0.384. The molecule has 0 fully saturated rings. The van der Waals surface area contributed by atoms with Gasteiger partial charge in [-0.2, -0.15) is 0 Å². The molecule has 2 heterocycles. The smallest absolute Gasteiger partial charge is 0.336 e. The summed E-state index contributed by atoms with van der Waals surface area (Å²) in [6.07, 6.45) is 1.74. The highest BCUT2D eigenvalue weighted by molar-refractivity contribution is 5.92. The molecule has 0 saturated carbocycles. The number of hydrogen-bond acceptors (Lipinski definition) is 7. The van der Waals surface area contributed by atoms with Gasteiger partial charge in [-0.25, -0.2) is 9.79 Å². The molecule has 0 amide bonds. The van der Waals surface area contributed by atoms with Crippen LogP contribution >= 0.6 is 0 Å². The maximum atomic E-state index is 12.9. The van der Waals surface area contributed by atoms with Crippen molar-refractivity contribution < 1.29 is 24.3 Å². The molecule has 174 valence electrons. The third-order valence-corrected chi connectivity index (χ3v) is 5.60. The highest BCUT2D eigenvalue weighted by atomic mass is 16.6. The number of aromatic nitrogens is 1. The number of benzene rings is 2. The molecule has 9 heteroatoms. The first kappa shape index (κ1) is 22.8. The molecular weight excluding hydrogens is 438 g/mol. The highest BCUT2D eigenvalue weighted by Crippen LogP contribution is 2.39. The summed E-state index contributed by atoms with van der Waals surface area (Å²) in [5, 5.41) is 23.0. The van der Waals surface area contributed by atoms with E-state index in [1.165, 1.54) is 12.1 Å². The summed E-state index contributed by atoms with van der Waals surface area (Å²) in [5.74, 6) is -0.792. The molecular formula is C25H23N3O6. The molecule has 2 aromatic carbocycles. The normalized spacial score (nSPS) is 15.5. The second-order valence-electron chi connectivity index (χ2n) is 7.68. The molecule has 1 aliphatic rings. The van der Waals surface area contributed by atoms with Gasteiger partial charge in [-0.15, -0.1) is 0 Å².